The summed E-state index contributed by atoms with van der Waals surface area (Å²) in [6.07, 6.45) is 6.91. The van der Waals surface area contributed by atoms with Gasteiger partial charge in [-0.3, -0.25) is 9.78 Å². The van der Waals surface area contributed by atoms with Crippen LogP contribution in [0.25, 0.3) is 0 Å². The van der Waals surface area contributed by atoms with E-state index in [4.69, 9.17) is 0 Å². The van der Waals surface area contributed by atoms with Crippen LogP contribution in [0.1, 0.15) is 12.5 Å². The highest BCUT2D eigenvalue weighted by Gasteiger charge is 2.11. The molecule has 1 amide bonds. The number of amides is 1. The summed E-state index contributed by atoms with van der Waals surface area (Å²) in [6.45, 7) is 4.02. The van der Waals surface area contributed by atoms with Crippen molar-refractivity contribution in [3.63, 3.8) is 0 Å². The van der Waals surface area contributed by atoms with Gasteiger partial charge in [0.05, 0.1) is 0 Å². The van der Waals surface area contributed by atoms with E-state index in [1.807, 2.05) is 38.1 Å². The predicted molar refractivity (Wildman–Crippen MR) is 73.0 cm³/mol. The number of rotatable bonds is 6. The molecule has 0 atom stereocenters. The van der Waals surface area contributed by atoms with Gasteiger partial charge in [0.2, 0.25) is 5.91 Å². The minimum Gasteiger partial charge on any atom is -0.334 e. The molecule has 1 heterocycles. The fourth-order valence-corrected chi connectivity index (χ4v) is 1.55. The van der Waals surface area contributed by atoms with Crippen molar-refractivity contribution in [3.05, 3.63) is 42.2 Å². The Morgan fingerprint density at radius 3 is 2.72 bits per heavy atom. The molecule has 0 aliphatic rings. The second-order valence-corrected chi connectivity index (χ2v) is 4.42. The molecule has 0 radical (unpaired) electrons. The molecule has 4 nitrogen and oxygen atoms in total. The van der Waals surface area contributed by atoms with Crippen molar-refractivity contribution in [2.75, 3.05) is 27.2 Å². The van der Waals surface area contributed by atoms with Gasteiger partial charge in [-0.2, -0.15) is 0 Å². The lowest BCUT2D eigenvalue weighted by Crippen LogP contribution is -2.35. The van der Waals surface area contributed by atoms with Gasteiger partial charge in [0, 0.05) is 32.0 Å². The van der Waals surface area contributed by atoms with Gasteiger partial charge in [-0.15, -0.1) is 0 Å². The van der Waals surface area contributed by atoms with Gasteiger partial charge in [0.1, 0.15) is 0 Å². The van der Waals surface area contributed by atoms with Crippen molar-refractivity contribution in [3.8, 4) is 0 Å². The fourth-order valence-electron chi connectivity index (χ4n) is 1.55. The molecule has 0 spiro atoms. The van der Waals surface area contributed by atoms with Crippen LogP contribution in [-0.2, 0) is 11.3 Å². The molecule has 1 aromatic heterocycles. The lowest BCUT2D eigenvalue weighted by Gasteiger charge is -2.23. The van der Waals surface area contributed by atoms with Crippen LogP contribution in [0.3, 0.4) is 0 Å². The van der Waals surface area contributed by atoms with Crippen molar-refractivity contribution in [1.29, 1.82) is 0 Å². The first-order chi connectivity index (χ1) is 8.63. The normalized spacial score (nSPS) is 11.1. The van der Waals surface area contributed by atoms with Crippen molar-refractivity contribution in [2.24, 2.45) is 0 Å². The number of allylic oxidation sites excluding steroid dienone is 1. The van der Waals surface area contributed by atoms with Crippen LogP contribution in [0.5, 0.6) is 0 Å². The molecule has 18 heavy (non-hydrogen) atoms. The van der Waals surface area contributed by atoms with E-state index in [2.05, 4.69) is 9.88 Å². The molecule has 0 aromatic carbocycles. The Labute approximate surface area is 109 Å². The van der Waals surface area contributed by atoms with E-state index in [0.717, 1.165) is 12.1 Å². The molecule has 0 bridgehead atoms. The molecule has 1 rings (SSSR count). The molecule has 4 heteroatoms. The molecular formula is C14H21N3O. The minimum absolute atomic E-state index is 0.0446. The first-order valence-electron chi connectivity index (χ1n) is 6.08. The Balaban J connectivity index is 2.68. The zero-order chi connectivity index (χ0) is 13.4. The van der Waals surface area contributed by atoms with Crippen molar-refractivity contribution < 1.29 is 4.79 Å². The number of carbonyl (C=O) groups excluding carboxylic acids is 1. The third-order valence-corrected chi connectivity index (χ3v) is 2.53. The Morgan fingerprint density at radius 1 is 1.39 bits per heavy atom. The van der Waals surface area contributed by atoms with Crippen LogP contribution >= 0.6 is 0 Å². The minimum atomic E-state index is 0.0446. The number of likely N-dealkylation sites (N-methyl/N-ethyl adjacent to an activating group) is 1. The highest BCUT2D eigenvalue weighted by molar-refractivity contribution is 5.87. The Hall–Kier alpha value is -1.68. The van der Waals surface area contributed by atoms with E-state index in [1.165, 1.54) is 0 Å². The van der Waals surface area contributed by atoms with Gasteiger partial charge in [0.15, 0.2) is 0 Å². The Kier molecular flexibility index (Phi) is 6.08. The van der Waals surface area contributed by atoms with Gasteiger partial charge in [-0.05, 0) is 38.7 Å². The highest BCUT2D eigenvalue weighted by atomic mass is 16.2. The maximum absolute atomic E-state index is 12.0. The van der Waals surface area contributed by atoms with Crippen LogP contribution in [0.4, 0.5) is 0 Å². The first kappa shape index (κ1) is 14.4. The average molecular weight is 247 g/mol. The smallest absolute Gasteiger partial charge is 0.246 e. The van der Waals surface area contributed by atoms with E-state index < -0.39 is 0 Å². The summed E-state index contributed by atoms with van der Waals surface area (Å²) in [7, 11) is 4.00. The zero-order valence-corrected chi connectivity index (χ0v) is 11.3. The summed E-state index contributed by atoms with van der Waals surface area (Å²) in [5.74, 6) is 0.0446. The number of hydrogen-bond donors (Lipinski definition) is 0. The largest absolute Gasteiger partial charge is 0.334 e. The molecule has 0 saturated carbocycles. The van der Waals surface area contributed by atoms with Crippen LogP contribution in [0, 0.1) is 0 Å². The molecule has 0 fully saturated rings. The summed E-state index contributed by atoms with van der Waals surface area (Å²) in [6, 6.07) is 3.87. The number of pyridine rings is 1. The zero-order valence-electron chi connectivity index (χ0n) is 11.3. The Bertz CT molecular complexity index is 387. The molecular weight excluding hydrogens is 226 g/mol. The summed E-state index contributed by atoms with van der Waals surface area (Å²) in [4.78, 5) is 19.9. The lowest BCUT2D eigenvalue weighted by molar-refractivity contribution is -0.126. The number of aromatic nitrogens is 1. The van der Waals surface area contributed by atoms with E-state index in [0.29, 0.717) is 13.1 Å². The third kappa shape index (κ3) is 5.10. The summed E-state index contributed by atoms with van der Waals surface area (Å²) in [5, 5.41) is 0. The molecule has 0 saturated heterocycles. The second kappa shape index (κ2) is 7.61. The number of nitrogens with zero attached hydrogens (tertiary/aromatic N) is 3. The van der Waals surface area contributed by atoms with Gasteiger partial charge in [-0.1, -0.05) is 12.1 Å². The summed E-state index contributed by atoms with van der Waals surface area (Å²) < 4.78 is 0. The van der Waals surface area contributed by atoms with Crippen molar-refractivity contribution >= 4 is 5.91 Å². The maximum Gasteiger partial charge on any atom is 0.246 e. The summed E-state index contributed by atoms with van der Waals surface area (Å²) in [5.41, 5.74) is 1.05. The van der Waals surface area contributed by atoms with Crippen molar-refractivity contribution in [1.82, 2.24) is 14.8 Å². The predicted octanol–water partition coefficient (Wildman–Crippen LogP) is 1.55. The van der Waals surface area contributed by atoms with E-state index in [-0.39, 0.29) is 5.91 Å². The van der Waals surface area contributed by atoms with Crippen LogP contribution < -0.4 is 0 Å². The maximum atomic E-state index is 12.0. The van der Waals surface area contributed by atoms with Gasteiger partial charge < -0.3 is 9.80 Å². The number of hydrogen-bond acceptors (Lipinski definition) is 3. The van der Waals surface area contributed by atoms with Crippen LogP contribution in [-0.4, -0.2) is 47.9 Å². The van der Waals surface area contributed by atoms with E-state index in [9.17, 15) is 4.79 Å². The summed E-state index contributed by atoms with van der Waals surface area (Å²) >= 11 is 0. The molecule has 0 aliphatic carbocycles. The van der Waals surface area contributed by atoms with Gasteiger partial charge >= 0.3 is 0 Å². The van der Waals surface area contributed by atoms with Gasteiger partial charge in [-0.25, -0.2) is 0 Å². The average Bonchev–Trinajstić information content (AvgIpc) is 2.35. The second-order valence-electron chi connectivity index (χ2n) is 4.42. The molecule has 0 N–H and O–H groups in total. The van der Waals surface area contributed by atoms with E-state index in [1.54, 1.807) is 24.5 Å². The van der Waals surface area contributed by atoms with Gasteiger partial charge in [0.25, 0.3) is 0 Å². The quantitative estimate of drug-likeness (QED) is 0.716. The first-order valence-corrected chi connectivity index (χ1v) is 6.08. The molecule has 0 aliphatic heterocycles. The third-order valence-electron chi connectivity index (χ3n) is 2.53. The monoisotopic (exact) mass is 247 g/mol. The molecule has 1 aromatic rings. The lowest BCUT2D eigenvalue weighted by atomic mass is 10.2. The van der Waals surface area contributed by atoms with E-state index >= 15 is 0 Å². The standard InChI is InChI=1S/C14H21N3O/c1-4-6-14(18)17(10-9-16(2)3)12-13-7-5-8-15-11-13/h4-8,11H,9-10,12H2,1-3H3. The molecule has 98 valence electrons. The highest BCUT2D eigenvalue weighted by Crippen LogP contribution is 2.04. The SMILES string of the molecule is CC=CC(=O)N(CCN(C)C)Cc1cccnc1. The van der Waals surface area contributed by atoms with Crippen LogP contribution in [0.2, 0.25) is 0 Å². The van der Waals surface area contributed by atoms with Crippen molar-refractivity contribution in [2.45, 2.75) is 13.5 Å². The van der Waals surface area contributed by atoms with Crippen LogP contribution in [0.15, 0.2) is 36.7 Å². The number of carbonyl (C=O) groups is 1. The fraction of sp³-hybridized carbons (Fsp3) is 0.429. The Morgan fingerprint density at radius 2 is 2.17 bits per heavy atom. The molecule has 0 unspecified atom stereocenters. The topological polar surface area (TPSA) is 36.4 Å².